The molecule has 1 heterocycles. The maximum atomic E-state index is 12.0. The molecule has 1 spiro atoms. The highest BCUT2D eigenvalue weighted by atomic mass is 16.7. The van der Waals surface area contributed by atoms with Gasteiger partial charge < -0.3 is 19.0 Å². The van der Waals surface area contributed by atoms with Gasteiger partial charge in [-0.1, -0.05) is 0 Å². The smallest absolute Gasteiger partial charge is 0.312 e. The van der Waals surface area contributed by atoms with Crippen molar-refractivity contribution >= 4 is 12.3 Å². The summed E-state index contributed by atoms with van der Waals surface area (Å²) < 4.78 is 16.3. The highest BCUT2D eigenvalue weighted by molar-refractivity contribution is 5.81. The second kappa shape index (κ2) is 4.97. The van der Waals surface area contributed by atoms with Crippen LogP contribution in [0.2, 0.25) is 0 Å². The summed E-state index contributed by atoms with van der Waals surface area (Å²) in [6.07, 6.45) is 2.45. The highest BCUT2D eigenvalue weighted by Gasteiger charge is 2.54. The van der Waals surface area contributed by atoms with E-state index in [0.717, 1.165) is 6.29 Å². The zero-order valence-electron chi connectivity index (χ0n) is 10.9. The van der Waals surface area contributed by atoms with Gasteiger partial charge in [-0.2, -0.15) is 0 Å². The Morgan fingerprint density at radius 1 is 1.39 bits per heavy atom. The van der Waals surface area contributed by atoms with Gasteiger partial charge in [0.05, 0.1) is 25.2 Å². The van der Waals surface area contributed by atoms with Crippen LogP contribution < -0.4 is 0 Å². The fraction of sp³-hybridized carbons (Fsp3) is 0.846. The van der Waals surface area contributed by atoms with Gasteiger partial charge in [-0.05, 0) is 20.3 Å². The van der Waals surface area contributed by atoms with Crippen molar-refractivity contribution < 1.29 is 23.8 Å². The van der Waals surface area contributed by atoms with Crippen molar-refractivity contribution in [3.05, 3.63) is 0 Å². The number of carbonyl (C=O) groups excluding carboxylic acids is 2. The Labute approximate surface area is 107 Å². The number of rotatable bonds is 3. The lowest BCUT2D eigenvalue weighted by Crippen LogP contribution is -2.49. The monoisotopic (exact) mass is 256 g/mol. The first kappa shape index (κ1) is 13.5. The van der Waals surface area contributed by atoms with E-state index in [1.54, 1.807) is 13.8 Å². The lowest BCUT2D eigenvalue weighted by Gasteiger charge is -2.43. The lowest BCUT2D eigenvalue weighted by molar-refractivity contribution is -0.210. The van der Waals surface area contributed by atoms with Crippen LogP contribution in [0.25, 0.3) is 0 Å². The van der Waals surface area contributed by atoms with E-state index in [1.807, 2.05) is 0 Å². The summed E-state index contributed by atoms with van der Waals surface area (Å²) in [5.41, 5.74) is -0.752. The first-order valence-corrected chi connectivity index (χ1v) is 6.47. The van der Waals surface area contributed by atoms with Crippen LogP contribution in [0.5, 0.6) is 0 Å². The van der Waals surface area contributed by atoms with Crippen LogP contribution in [0.3, 0.4) is 0 Å². The van der Waals surface area contributed by atoms with Gasteiger partial charge in [0.2, 0.25) is 0 Å². The minimum atomic E-state index is -0.752. The second-order valence-electron chi connectivity index (χ2n) is 5.19. The predicted octanol–water partition coefficient (Wildman–Crippen LogP) is 1.30. The third kappa shape index (κ3) is 2.17. The molecule has 0 bridgehead atoms. The average Bonchev–Trinajstić information content (AvgIpc) is 2.81. The molecule has 1 aliphatic carbocycles. The number of ether oxygens (including phenoxy) is 3. The first-order valence-electron chi connectivity index (χ1n) is 6.47. The van der Waals surface area contributed by atoms with E-state index in [4.69, 9.17) is 14.2 Å². The molecule has 102 valence electrons. The molecule has 2 fully saturated rings. The second-order valence-corrected chi connectivity index (χ2v) is 5.19. The Morgan fingerprint density at radius 2 is 2.06 bits per heavy atom. The molecule has 1 aliphatic heterocycles. The number of aldehydes is 1. The molecule has 0 aromatic carbocycles. The molecule has 18 heavy (non-hydrogen) atoms. The van der Waals surface area contributed by atoms with E-state index in [0.29, 0.717) is 39.1 Å². The average molecular weight is 256 g/mol. The zero-order chi connectivity index (χ0) is 13.2. The van der Waals surface area contributed by atoms with E-state index in [2.05, 4.69) is 0 Å². The number of carbonyl (C=O) groups is 2. The van der Waals surface area contributed by atoms with E-state index in [-0.39, 0.29) is 5.97 Å². The molecule has 1 saturated carbocycles. The largest absolute Gasteiger partial charge is 0.466 e. The molecule has 0 aromatic heterocycles. The summed E-state index contributed by atoms with van der Waals surface area (Å²) in [4.78, 5) is 23.3. The third-order valence-corrected chi connectivity index (χ3v) is 4.09. The van der Waals surface area contributed by atoms with Crippen molar-refractivity contribution in [2.75, 3.05) is 19.8 Å². The van der Waals surface area contributed by atoms with Crippen LogP contribution >= 0.6 is 0 Å². The Balaban J connectivity index is 2.14. The van der Waals surface area contributed by atoms with Gasteiger partial charge in [-0.15, -0.1) is 0 Å². The van der Waals surface area contributed by atoms with Gasteiger partial charge in [-0.3, -0.25) is 4.79 Å². The van der Waals surface area contributed by atoms with E-state index >= 15 is 0 Å². The summed E-state index contributed by atoms with van der Waals surface area (Å²) in [5, 5.41) is 0. The van der Waals surface area contributed by atoms with Crippen LogP contribution in [0.15, 0.2) is 0 Å². The third-order valence-electron chi connectivity index (χ3n) is 4.09. The van der Waals surface area contributed by atoms with Crippen LogP contribution in [0.1, 0.15) is 33.1 Å². The maximum Gasteiger partial charge on any atom is 0.312 e. The Morgan fingerprint density at radius 3 is 2.61 bits per heavy atom. The predicted molar refractivity (Wildman–Crippen MR) is 62.8 cm³/mol. The van der Waals surface area contributed by atoms with Gasteiger partial charge in [-0.25, -0.2) is 0 Å². The van der Waals surface area contributed by atoms with E-state index in [1.165, 1.54) is 0 Å². The lowest BCUT2D eigenvalue weighted by atomic mass is 9.66. The molecule has 1 unspecified atom stereocenters. The Hall–Kier alpha value is -0.940. The van der Waals surface area contributed by atoms with Gasteiger partial charge in [0.15, 0.2) is 5.79 Å². The zero-order valence-corrected chi connectivity index (χ0v) is 10.9. The van der Waals surface area contributed by atoms with Crippen molar-refractivity contribution in [1.82, 2.24) is 0 Å². The van der Waals surface area contributed by atoms with Crippen molar-refractivity contribution in [3.63, 3.8) is 0 Å². The molecular formula is C13H20O5. The van der Waals surface area contributed by atoms with Crippen LogP contribution in [0.4, 0.5) is 0 Å². The first-order chi connectivity index (χ1) is 8.56. The van der Waals surface area contributed by atoms with Crippen LogP contribution in [-0.2, 0) is 23.8 Å². The molecule has 0 radical (unpaired) electrons. The van der Waals surface area contributed by atoms with Crippen molar-refractivity contribution in [2.45, 2.75) is 38.9 Å². The quantitative estimate of drug-likeness (QED) is 0.562. The molecule has 2 rings (SSSR count). The highest BCUT2D eigenvalue weighted by Crippen LogP contribution is 2.48. The minimum Gasteiger partial charge on any atom is -0.466 e. The van der Waals surface area contributed by atoms with E-state index < -0.39 is 17.1 Å². The van der Waals surface area contributed by atoms with Gasteiger partial charge in [0.1, 0.15) is 6.29 Å². The van der Waals surface area contributed by atoms with Gasteiger partial charge >= 0.3 is 5.97 Å². The standard InChI is InChI=1S/C13H20O5/c1-3-16-11(15)12(2)4-5-13(8-10(12)9-14)17-6-7-18-13/h9-10H,3-8H2,1-2H3/t10?,12-/m1/s1. The summed E-state index contributed by atoms with van der Waals surface area (Å²) in [6, 6.07) is 0. The van der Waals surface area contributed by atoms with Gasteiger partial charge in [0, 0.05) is 18.8 Å². The Bertz CT molecular complexity index is 334. The summed E-state index contributed by atoms with van der Waals surface area (Å²) in [7, 11) is 0. The molecule has 0 N–H and O–H groups in total. The van der Waals surface area contributed by atoms with Crippen molar-refractivity contribution in [2.24, 2.45) is 11.3 Å². The molecule has 5 heteroatoms. The summed E-state index contributed by atoms with van der Waals surface area (Å²) >= 11 is 0. The fourth-order valence-corrected chi connectivity index (χ4v) is 2.80. The molecular weight excluding hydrogens is 236 g/mol. The molecule has 5 nitrogen and oxygen atoms in total. The minimum absolute atomic E-state index is 0.296. The molecule has 1 saturated heterocycles. The summed E-state index contributed by atoms with van der Waals surface area (Å²) in [6.45, 7) is 5.01. The maximum absolute atomic E-state index is 12.0. The van der Waals surface area contributed by atoms with Crippen molar-refractivity contribution in [3.8, 4) is 0 Å². The SMILES string of the molecule is CCOC(=O)[C@]1(C)CCC2(CC1C=O)OCCO2. The molecule has 2 aliphatic rings. The fourth-order valence-electron chi connectivity index (χ4n) is 2.80. The molecule has 0 aromatic rings. The topological polar surface area (TPSA) is 61.8 Å². The van der Waals surface area contributed by atoms with Crippen LogP contribution in [-0.4, -0.2) is 37.9 Å². The van der Waals surface area contributed by atoms with Crippen LogP contribution in [0, 0.1) is 11.3 Å². The summed E-state index contributed by atoms with van der Waals surface area (Å²) in [5.74, 6) is -1.37. The Kier molecular flexibility index (Phi) is 3.73. The van der Waals surface area contributed by atoms with Crippen molar-refractivity contribution in [1.29, 1.82) is 0 Å². The normalized spacial score (nSPS) is 34.4. The number of esters is 1. The van der Waals surface area contributed by atoms with Gasteiger partial charge in [0.25, 0.3) is 0 Å². The number of hydrogen-bond acceptors (Lipinski definition) is 5. The number of hydrogen-bond donors (Lipinski definition) is 0. The van der Waals surface area contributed by atoms with E-state index in [9.17, 15) is 9.59 Å². The molecule has 0 amide bonds. The molecule has 2 atom stereocenters.